The molecule has 1 amide bonds. The highest BCUT2D eigenvalue weighted by molar-refractivity contribution is 14.0. The zero-order chi connectivity index (χ0) is 22.1. The fraction of sp³-hybridized carbons (Fsp3) is 0.652. The summed E-state index contributed by atoms with van der Waals surface area (Å²) in [6.45, 7) is 9.93. The lowest BCUT2D eigenvalue weighted by Crippen LogP contribution is -2.55. The van der Waals surface area contributed by atoms with E-state index >= 15 is 0 Å². The number of amides is 1. The van der Waals surface area contributed by atoms with Gasteiger partial charge in [-0.3, -0.25) is 4.99 Å². The molecule has 2 saturated heterocycles. The van der Waals surface area contributed by atoms with Crippen LogP contribution in [0.5, 0.6) is 5.75 Å². The van der Waals surface area contributed by atoms with Crippen LogP contribution in [0.3, 0.4) is 0 Å². The van der Waals surface area contributed by atoms with Crippen molar-refractivity contribution in [1.82, 2.24) is 15.1 Å². The Morgan fingerprint density at radius 2 is 1.69 bits per heavy atom. The van der Waals surface area contributed by atoms with Crippen LogP contribution in [0.2, 0.25) is 0 Å². The van der Waals surface area contributed by atoms with E-state index in [1.165, 1.54) is 5.56 Å². The number of guanidine groups is 1. The van der Waals surface area contributed by atoms with Crippen LogP contribution in [-0.2, 0) is 14.9 Å². The predicted octanol–water partition coefficient (Wildman–Crippen LogP) is 3.10. The lowest BCUT2D eigenvalue weighted by Gasteiger charge is -2.40. The molecule has 9 heteroatoms. The molecule has 0 atom stereocenters. The summed E-state index contributed by atoms with van der Waals surface area (Å²) in [6.07, 6.45) is 1.69. The molecule has 2 aliphatic heterocycles. The van der Waals surface area contributed by atoms with Crippen LogP contribution in [-0.4, -0.2) is 88.1 Å². The van der Waals surface area contributed by atoms with Crippen LogP contribution < -0.4 is 10.1 Å². The Labute approximate surface area is 208 Å². The number of hydrogen-bond acceptors (Lipinski definition) is 5. The molecule has 0 bridgehead atoms. The number of hydrogen-bond donors (Lipinski definition) is 1. The number of piperazine rings is 1. The minimum absolute atomic E-state index is 0. The van der Waals surface area contributed by atoms with Gasteiger partial charge in [0.15, 0.2) is 5.96 Å². The lowest BCUT2D eigenvalue weighted by atomic mass is 9.74. The lowest BCUT2D eigenvalue weighted by molar-refractivity contribution is 0.0510. The topological polar surface area (TPSA) is 75.6 Å². The quantitative estimate of drug-likeness (QED) is 0.328. The molecule has 0 aromatic heterocycles. The summed E-state index contributed by atoms with van der Waals surface area (Å²) in [7, 11) is 1.81. The van der Waals surface area contributed by atoms with Gasteiger partial charge in [-0.15, -0.1) is 24.0 Å². The molecule has 32 heavy (non-hydrogen) atoms. The Bertz CT molecular complexity index is 730. The number of carbonyl (C=O) groups excluding carboxylic acids is 1. The van der Waals surface area contributed by atoms with Crippen molar-refractivity contribution < 1.29 is 19.0 Å². The number of rotatable bonds is 6. The van der Waals surface area contributed by atoms with Gasteiger partial charge in [-0.1, -0.05) is 12.1 Å². The molecular formula is C23H37IN4O4. The number of nitrogens with zero attached hydrogens (tertiary/aromatic N) is 3. The van der Waals surface area contributed by atoms with E-state index in [-0.39, 0.29) is 35.5 Å². The molecule has 0 saturated carbocycles. The average molecular weight is 560 g/mol. The number of ether oxygens (including phenoxy) is 3. The highest BCUT2D eigenvalue weighted by atomic mass is 127. The van der Waals surface area contributed by atoms with Crippen molar-refractivity contribution in [1.29, 1.82) is 0 Å². The fourth-order valence-electron chi connectivity index (χ4n) is 4.30. The van der Waals surface area contributed by atoms with Gasteiger partial charge in [0.05, 0.1) is 13.2 Å². The first-order valence-corrected chi connectivity index (χ1v) is 11.3. The largest absolute Gasteiger partial charge is 0.494 e. The van der Waals surface area contributed by atoms with E-state index in [1.54, 1.807) is 4.90 Å². The van der Waals surface area contributed by atoms with Crippen LogP contribution in [0, 0.1) is 0 Å². The molecular weight excluding hydrogens is 523 g/mol. The molecule has 2 heterocycles. The summed E-state index contributed by atoms with van der Waals surface area (Å²) in [4.78, 5) is 20.4. The van der Waals surface area contributed by atoms with Crippen molar-refractivity contribution >= 4 is 36.0 Å². The first-order chi connectivity index (χ1) is 15.1. The molecule has 0 unspecified atom stereocenters. The van der Waals surface area contributed by atoms with Crippen molar-refractivity contribution in [2.24, 2.45) is 4.99 Å². The molecule has 0 aliphatic carbocycles. The standard InChI is InChI=1S/C23H36N4O4.HI/c1-4-30-20-8-6-19(7-9-20)23(10-16-29-17-11-23)18-25-21(24-3)26-12-14-27(15-13-26)22(28)31-5-2;/h6-9H,4-5,10-18H2,1-3H3,(H,24,25);1H. The van der Waals surface area contributed by atoms with Crippen LogP contribution >= 0.6 is 24.0 Å². The van der Waals surface area contributed by atoms with Gasteiger partial charge in [0.25, 0.3) is 0 Å². The molecule has 1 N–H and O–H groups in total. The van der Waals surface area contributed by atoms with Crippen molar-refractivity contribution in [3.63, 3.8) is 0 Å². The number of benzene rings is 1. The summed E-state index contributed by atoms with van der Waals surface area (Å²) < 4.78 is 16.4. The summed E-state index contributed by atoms with van der Waals surface area (Å²) in [6, 6.07) is 8.47. The minimum Gasteiger partial charge on any atom is -0.494 e. The van der Waals surface area contributed by atoms with Gasteiger partial charge in [0.2, 0.25) is 0 Å². The van der Waals surface area contributed by atoms with E-state index in [4.69, 9.17) is 14.2 Å². The highest BCUT2D eigenvalue weighted by Crippen LogP contribution is 2.35. The second-order valence-electron chi connectivity index (χ2n) is 7.92. The van der Waals surface area contributed by atoms with E-state index in [1.807, 2.05) is 20.9 Å². The molecule has 2 aliphatic rings. The summed E-state index contributed by atoms with van der Waals surface area (Å²) in [5.74, 6) is 1.78. The molecule has 0 radical (unpaired) electrons. The van der Waals surface area contributed by atoms with Crippen molar-refractivity contribution in [3.05, 3.63) is 29.8 Å². The Hall–Kier alpha value is -1.75. The third-order valence-corrected chi connectivity index (χ3v) is 6.13. The summed E-state index contributed by atoms with van der Waals surface area (Å²) in [5, 5.41) is 3.61. The van der Waals surface area contributed by atoms with E-state index in [0.717, 1.165) is 57.4 Å². The van der Waals surface area contributed by atoms with Crippen molar-refractivity contribution in [2.45, 2.75) is 32.1 Å². The summed E-state index contributed by atoms with van der Waals surface area (Å²) >= 11 is 0. The van der Waals surface area contributed by atoms with Crippen molar-refractivity contribution in [2.75, 3.05) is 66.2 Å². The van der Waals surface area contributed by atoms with Gasteiger partial charge >= 0.3 is 6.09 Å². The number of halogens is 1. The molecule has 1 aromatic rings. The number of nitrogens with one attached hydrogen (secondary N) is 1. The smallest absolute Gasteiger partial charge is 0.409 e. The second-order valence-corrected chi connectivity index (χ2v) is 7.92. The molecule has 0 spiro atoms. The van der Waals surface area contributed by atoms with Gasteiger partial charge in [-0.05, 0) is 44.4 Å². The SMILES string of the molecule is CCOC(=O)N1CCN(C(=NC)NCC2(c3ccc(OCC)cc3)CCOCC2)CC1.I. The maximum absolute atomic E-state index is 12.0. The third-order valence-electron chi connectivity index (χ3n) is 6.13. The monoisotopic (exact) mass is 560 g/mol. The first kappa shape index (κ1) is 26.5. The number of carbonyl (C=O) groups is 1. The van der Waals surface area contributed by atoms with Crippen LogP contribution in [0.4, 0.5) is 4.79 Å². The molecule has 2 fully saturated rings. The van der Waals surface area contributed by atoms with Crippen molar-refractivity contribution in [3.8, 4) is 5.75 Å². The van der Waals surface area contributed by atoms with E-state index < -0.39 is 0 Å². The van der Waals surface area contributed by atoms with Gasteiger partial charge in [-0.25, -0.2) is 4.79 Å². The highest BCUT2D eigenvalue weighted by Gasteiger charge is 2.35. The van der Waals surface area contributed by atoms with Gasteiger partial charge in [0.1, 0.15) is 5.75 Å². The predicted molar refractivity (Wildman–Crippen MR) is 136 cm³/mol. The summed E-state index contributed by atoms with van der Waals surface area (Å²) in [5.41, 5.74) is 1.29. The molecule has 180 valence electrons. The molecule has 3 rings (SSSR count). The average Bonchev–Trinajstić information content (AvgIpc) is 2.81. The Morgan fingerprint density at radius 3 is 2.25 bits per heavy atom. The first-order valence-electron chi connectivity index (χ1n) is 11.3. The molecule has 1 aromatic carbocycles. The van der Waals surface area contributed by atoms with Gasteiger partial charge in [0, 0.05) is 58.4 Å². The van der Waals surface area contributed by atoms with Gasteiger partial charge in [-0.2, -0.15) is 0 Å². The van der Waals surface area contributed by atoms with Crippen LogP contribution in [0.25, 0.3) is 0 Å². The zero-order valence-electron chi connectivity index (χ0n) is 19.5. The van der Waals surface area contributed by atoms with E-state index in [9.17, 15) is 4.79 Å². The van der Waals surface area contributed by atoms with Gasteiger partial charge < -0.3 is 29.3 Å². The fourth-order valence-corrected chi connectivity index (χ4v) is 4.30. The second kappa shape index (κ2) is 13.1. The molecule has 8 nitrogen and oxygen atoms in total. The van der Waals surface area contributed by atoms with Crippen LogP contribution in [0.1, 0.15) is 32.3 Å². The maximum atomic E-state index is 12.0. The maximum Gasteiger partial charge on any atom is 0.409 e. The third kappa shape index (κ3) is 6.63. The number of aliphatic imine (C=N–C) groups is 1. The van der Waals surface area contributed by atoms with E-state index in [0.29, 0.717) is 26.3 Å². The zero-order valence-corrected chi connectivity index (χ0v) is 21.8. The Balaban J connectivity index is 0.00000363. The van der Waals surface area contributed by atoms with E-state index in [2.05, 4.69) is 39.5 Å². The normalized spacial score (nSPS) is 18.5. The minimum atomic E-state index is -0.234. The van der Waals surface area contributed by atoms with Crippen LogP contribution in [0.15, 0.2) is 29.3 Å². The Kier molecular flexibility index (Phi) is 10.8. The Morgan fingerprint density at radius 1 is 1.06 bits per heavy atom.